The van der Waals surface area contributed by atoms with Crippen LogP contribution < -0.4 is 0 Å². The second-order valence-electron chi connectivity index (χ2n) is 5.32. The molecule has 0 aliphatic heterocycles. The molecule has 5 nitrogen and oxygen atoms in total. The van der Waals surface area contributed by atoms with Crippen molar-refractivity contribution in [2.45, 2.75) is 0 Å². The highest BCUT2D eigenvalue weighted by atomic mass is 16.4. The zero-order valence-electron chi connectivity index (χ0n) is 12.5. The number of hydrogen-bond donors (Lipinski definition) is 4. The van der Waals surface area contributed by atoms with E-state index in [0.717, 1.165) is 0 Å². The van der Waals surface area contributed by atoms with E-state index >= 15 is 0 Å². The number of hydrogen-bond acceptors (Lipinski definition) is 4. The van der Waals surface area contributed by atoms with Gasteiger partial charge in [-0.05, 0) is 53.6 Å². The molecule has 0 spiro atoms. The van der Waals surface area contributed by atoms with E-state index in [1.165, 1.54) is 36.4 Å². The second kappa shape index (κ2) is 5.96. The third kappa shape index (κ3) is 2.87. The molecule has 0 aromatic heterocycles. The van der Waals surface area contributed by atoms with Crippen molar-refractivity contribution in [2.24, 2.45) is 0 Å². The van der Waals surface area contributed by atoms with E-state index in [4.69, 9.17) is 5.11 Å². The van der Waals surface area contributed by atoms with Crippen LogP contribution >= 0.6 is 0 Å². The van der Waals surface area contributed by atoms with E-state index < -0.39 is 5.97 Å². The fourth-order valence-electron chi connectivity index (χ4n) is 2.48. The summed E-state index contributed by atoms with van der Waals surface area (Å²) < 4.78 is 0. The van der Waals surface area contributed by atoms with Crippen LogP contribution in [0.3, 0.4) is 0 Å². The lowest BCUT2D eigenvalue weighted by molar-refractivity contribution is 0.0697. The van der Waals surface area contributed by atoms with Crippen LogP contribution in [0.25, 0.3) is 22.3 Å². The van der Waals surface area contributed by atoms with Crippen LogP contribution in [0.1, 0.15) is 10.4 Å². The van der Waals surface area contributed by atoms with E-state index in [1.807, 2.05) is 0 Å². The number of aromatic carboxylic acids is 1. The number of benzene rings is 3. The average Bonchev–Trinajstić information content (AvgIpc) is 2.56. The molecular weight excluding hydrogens is 308 g/mol. The first-order chi connectivity index (χ1) is 11.5. The molecule has 120 valence electrons. The fraction of sp³-hybridized carbons (Fsp3) is 0. The summed E-state index contributed by atoms with van der Waals surface area (Å²) in [5.74, 6) is -0.990. The van der Waals surface area contributed by atoms with Crippen molar-refractivity contribution >= 4 is 5.97 Å². The Morgan fingerprint density at radius 2 is 1.21 bits per heavy atom. The largest absolute Gasteiger partial charge is 0.508 e. The van der Waals surface area contributed by atoms with Crippen LogP contribution in [0.5, 0.6) is 17.2 Å². The molecule has 0 aliphatic rings. The summed E-state index contributed by atoms with van der Waals surface area (Å²) in [5.41, 5.74) is 2.17. The summed E-state index contributed by atoms with van der Waals surface area (Å²) in [7, 11) is 0. The first-order valence-corrected chi connectivity index (χ1v) is 7.15. The Kier molecular flexibility index (Phi) is 3.83. The van der Waals surface area contributed by atoms with Gasteiger partial charge in [0, 0.05) is 11.1 Å². The minimum Gasteiger partial charge on any atom is -0.508 e. The van der Waals surface area contributed by atoms with Gasteiger partial charge in [0.05, 0.1) is 5.56 Å². The lowest BCUT2D eigenvalue weighted by Crippen LogP contribution is -1.96. The molecule has 0 saturated carbocycles. The number of phenols is 3. The van der Waals surface area contributed by atoms with Crippen LogP contribution in [0, 0.1) is 0 Å². The van der Waals surface area contributed by atoms with Gasteiger partial charge < -0.3 is 20.4 Å². The maximum Gasteiger partial charge on any atom is 0.335 e. The predicted molar refractivity (Wildman–Crippen MR) is 89.3 cm³/mol. The van der Waals surface area contributed by atoms with Gasteiger partial charge in [0.25, 0.3) is 0 Å². The van der Waals surface area contributed by atoms with E-state index in [2.05, 4.69) is 0 Å². The van der Waals surface area contributed by atoms with Crippen LogP contribution in [0.4, 0.5) is 0 Å². The third-order valence-electron chi connectivity index (χ3n) is 3.73. The van der Waals surface area contributed by atoms with Gasteiger partial charge in [0.1, 0.15) is 17.2 Å². The van der Waals surface area contributed by atoms with Crippen molar-refractivity contribution in [2.75, 3.05) is 0 Å². The zero-order chi connectivity index (χ0) is 17.3. The Balaban J connectivity index is 2.14. The number of aromatic hydroxyl groups is 3. The number of rotatable bonds is 3. The third-order valence-corrected chi connectivity index (χ3v) is 3.73. The van der Waals surface area contributed by atoms with E-state index in [-0.39, 0.29) is 22.8 Å². The molecule has 0 heterocycles. The zero-order valence-corrected chi connectivity index (χ0v) is 12.5. The molecule has 3 rings (SSSR count). The van der Waals surface area contributed by atoms with Gasteiger partial charge in [0.15, 0.2) is 0 Å². The molecule has 0 unspecified atom stereocenters. The quantitative estimate of drug-likeness (QED) is 0.587. The topological polar surface area (TPSA) is 98.0 Å². The average molecular weight is 322 g/mol. The highest BCUT2D eigenvalue weighted by Gasteiger charge is 2.12. The Hall–Kier alpha value is -3.47. The fourth-order valence-corrected chi connectivity index (χ4v) is 2.48. The lowest BCUT2D eigenvalue weighted by atomic mass is 9.96. The number of carboxylic acids is 1. The highest BCUT2D eigenvalue weighted by Crippen LogP contribution is 2.37. The lowest BCUT2D eigenvalue weighted by Gasteiger charge is -2.10. The van der Waals surface area contributed by atoms with Crippen LogP contribution in [-0.4, -0.2) is 26.4 Å². The monoisotopic (exact) mass is 322 g/mol. The summed E-state index contributed by atoms with van der Waals surface area (Å²) in [5, 5.41) is 38.6. The molecule has 0 saturated heterocycles. The van der Waals surface area contributed by atoms with Crippen LogP contribution in [0.2, 0.25) is 0 Å². The molecule has 3 aromatic rings. The van der Waals surface area contributed by atoms with Crippen molar-refractivity contribution in [1.82, 2.24) is 0 Å². The van der Waals surface area contributed by atoms with Crippen molar-refractivity contribution in [3.63, 3.8) is 0 Å². The normalized spacial score (nSPS) is 10.5. The molecule has 0 radical (unpaired) electrons. The van der Waals surface area contributed by atoms with Crippen LogP contribution in [0.15, 0.2) is 60.7 Å². The van der Waals surface area contributed by atoms with E-state index in [0.29, 0.717) is 22.3 Å². The summed E-state index contributed by atoms with van der Waals surface area (Å²) in [6, 6.07) is 15.1. The SMILES string of the molecule is O=C(O)c1ccc(O)c(-c2ccc(O)c(-c3ccc(O)cc3)c2)c1. The van der Waals surface area contributed by atoms with Gasteiger partial charge in [-0.3, -0.25) is 0 Å². The minimum atomic E-state index is -1.09. The first-order valence-electron chi connectivity index (χ1n) is 7.15. The van der Waals surface area contributed by atoms with Crippen molar-refractivity contribution in [3.05, 3.63) is 66.2 Å². The van der Waals surface area contributed by atoms with Gasteiger partial charge in [-0.1, -0.05) is 18.2 Å². The standard InChI is InChI=1S/C19H14O5/c20-14-5-1-11(2-6-14)15-9-12(3-7-17(15)21)16-10-13(19(23)24)4-8-18(16)22/h1-10,20-22H,(H,23,24). The van der Waals surface area contributed by atoms with Crippen LogP contribution in [-0.2, 0) is 0 Å². The predicted octanol–water partition coefficient (Wildman–Crippen LogP) is 3.84. The minimum absolute atomic E-state index is 0.0401. The molecule has 3 aromatic carbocycles. The molecule has 24 heavy (non-hydrogen) atoms. The molecule has 0 fully saturated rings. The molecule has 0 aliphatic carbocycles. The Morgan fingerprint density at radius 3 is 1.83 bits per heavy atom. The van der Waals surface area contributed by atoms with E-state index in [9.17, 15) is 20.1 Å². The van der Waals surface area contributed by atoms with Crippen molar-refractivity contribution in [1.29, 1.82) is 0 Å². The van der Waals surface area contributed by atoms with Crippen molar-refractivity contribution < 1.29 is 25.2 Å². The summed E-state index contributed by atoms with van der Waals surface area (Å²) in [6.45, 7) is 0. The summed E-state index contributed by atoms with van der Waals surface area (Å²) in [6.07, 6.45) is 0. The van der Waals surface area contributed by atoms with Crippen molar-refractivity contribution in [3.8, 4) is 39.5 Å². The Bertz CT molecular complexity index is 914. The highest BCUT2D eigenvalue weighted by molar-refractivity contribution is 5.91. The Morgan fingerprint density at radius 1 is 0.667 bits per heavy atom. The number of phenolic OH excluding ortho intramolecular Hbond substituents is 3. The molecule has 5 heteroatoms. The molecular formula is C19H14O5. The molecule has 0 atom stereocenters. The molecule has 4 N–H and O–H groups in total. The summed E-state index contributed by atoms with van der Waals surface area (Å²) in [4.78, 5) is 11.1. The van der Waals surface area contributed by atoms with Gasteiger partial charge in [0.2, 0.25) is 0 Å². The maximum absolute atomic E-state index is 11.1. The Labute approximate surface area is 137 Å². The van der Waals surface area contributed by atoms with E-state index in [1.54, 1.807) is 24.3 Å². The maximum atomic E-state index is 11.1. The molecule has 0 bridgehead atoms. The number of carboxylic acid groups (broad SMARTS) is 1. The smallest absolute Gasteiger partial charge is 0.335 e. The van der Waals surface area contributed by atoms with Gasteiger partial charge in [-0.15, -0.1) is 0 Å². The first kappa shape index (κ1) is 15.4. The van der Waals surface area contributed by atoms with Gasteiger partial charge in [-0.25, -0.2) is 4.79 Å². The van der Waals surface area contributed by atoms with Gasteiger partial charge in [-0.2, -0.15) is 0 Å². The molecule has 0 amide bonds. The second-order valence-corrected chi connectivity index (χ2v) is 5.32. The number of carbonyl (C=O) groups is 1. The van der Waals surface area contributed by atoms with Gasteiger partial charge >= 0.3 is 5.97 Å². The summed E-state index contributed by atoms with van der Waals surface area (Å²) >= 11 is 0.